The predicted molar refractivity (Wildman–Crippen MR) is 87.1 cm³/mol. The van der Waals surface area contributed by atoms with Gasteiger partial charge < -0.3 is 15.4 Å². The van der Waals surface area contributed by atoms with Crippen molar-refractivity contribution in [3.8, 4) is 10.7 Å². The molecule has 8 heteroatoms. The highest BCUT2D eigenvalue weighted by Gasteiger charge is 2.16. The highest BCUT2D eigenvalue weighted by Crippen LogP contribution is 2.20. The van der Waals surface area contributed by atoms with Crippen molar-refractivity contribution in [1.29, 1.82) is 0 Å². The first-order chi connectivity index (χ1) is 11.3. The minimum Gasteiger partial charge on any atom is -0.378 e. The summed E-state index contributed by atoms with van der Waals surface area (Å²) in [4.78, 5) is 24.7. The van der Waals surface area contributed by atoms with Crippen molar-refractivity contribution in [3.05, 3.63) is 29.7 Å². The van der Waals surface area contributed by atoms with Gasteiger partial charge in [-0.05, 0) is 0 Å². The van der Waals surface area contributed by atoms with Gasteiger partial charge in [-0.1, -0.05) is 0 Å². The summed E-state index contributed by atoms with van der Waals surface area (Å²) in [5.74, 6) is 0.0392. The van der Waals surface area contributed by atoms with Crippen LogP contribution in [0.5, 0.6) is 0 Å². The Balaban J connectivity index is 1.42. The first-order valence-corrected chi connectivity index (χ1v) is 8.48. The van der Waals surface area contributed by atoms with E-state index in [4.69, 9.17) is 4.74 Å². The number of nitrogens with zero attached hydrogens (tertiary/aromatic N) is 3. The van der Waals surface area contributed by atoms with Crippen LogP contribution in [0.15, 0.2) is 24.0 Å². The molecule has 0 radical (unpaired) electrons. The molecule has 2 aromatic rings. The van der Waals surface area contributed by atoms with Crippen LogP contribution >= 0.6 is 11.3 Å². The predicted octanol–water partition coefficient (Wildman–Crippen LogP) is 0.637. The molecule has 1 saturated heterocycles. The van der Waals surface area contributed by atoms with Crippen molar-refractivity contribution in [2.75, 3.05) is 26.3 Å². The maximum absolute atomic E-state index is 11.9. The van der Waals surface area contributed by atoms with Crippen molar-refractivity contribution in [3.63, 3.8) is 0 Å². The van der Waals surface area contributed by atoms with Gasteiger partial charge in [0.05, 0.1) is 25.1 Å². The van der Waals surface area contributed by atoms with Crippen LogP contribution in [0.2, 0.25) is 0 Å². The van der Waals surface area contributed by atoms with Crippen LogP contribution in [-0.4, -0.2) is 53.2 Å². The Morgan fingerprint density at radius 3 is 3.22 bits per heavy atom. The molecule has 1 amide bonds. The van der Waals surface area contributed by atoms with Crippen LogP contribution < -0.4 is 10.6 Å². The molecule has 1 fully saturated rings. The molecule has 1 aliphatic rings. The van der Waals surface area contributed by atoms with Gasteiger partial charge in [-0.25, -0.2) is 4.98 Å². The lowest BCUT2D eigenvalue weighted by Gasteiger charge is -2.23. The monoisotopic (exact) mass is 333 g/mol. The fourth-order valence-corrected chi connectivity index (χ4v) is 3.14. The lowest BCUT2D eigenvalue weighted by Crippen LogP contribution is -2.44. The minimum absolute atomic E-state index is 0.0392. The summed E-state index contributed by atoms with van der Waals surface area (Å²) >= 11 is 1.54. The van der Waals surface area contributed by atoms with Gasteiger partial charge in [0.15, 0.2) is 0 Å². The molecule has 1 atom stereocenters. The van der Waals surface area contributed by atoms with Crippen molar-refractivity contribution in [2.24, 2.45) is 0 Å². The van der Waals surface area contributed by atoms with Crippen LogP contribution in [0.3, 0.4) is 0 Å². The number of nitrogens with one attached hydrogen (secondary N) is 2. The molecule has 0 bridgehead atoms. The maximum atomic E-state index is 11.9. The average Bonchev–Trinajstić information content (AvgIpc) is 3.05. The Hall–Kier alpha value is -1.90. The Morgan fingerprint density at radius 2 is 2.43 bits per heavy atom. The van der Waals surface area contributed by atoms with E-state index in [1.807, 2.05) is 5.38 Å². The van der Waals surface area contributed by atoms with Crippen molar-refractivity contribution >= 4 is 17.2 Å². The molecule has 23 heavy (non-hydrogen) atoms. The number of carbonyl (C=O) groups is 1. The Labute approximate surface area is 138 Å². The smallest absolute Gasteiger partial charge is 0.221 e. The molecule has 0 aromatic carbocycles. The molecule has 1 aliphatic heterocycles. The van der Waals surface area contributed by atoms with E-state index in [9.17, 15) is 4.79 Å². The minimum atomic E-state index is 0.0392. The Morgan fingerprint density at radius 1 is 1.48 bits per heavy atom. The van der Waals surface area contributed by atoms with Gasteiger partial charge in [0, 0.05) is 49.7 Å². The molecule has 0 spiro atoms. The standard InChI is InChI=1S/C15H19N5O2S/c21-14(7-12-9-22-6-5-17-12)19-2-1-11-10-23-15(20-11)13-8-16-3-4-18-13/h3-4,8,10,12,17H,1-2,5-7,9H2,(H,19,21)/t12-/m1/s1. The third-order valence-corrected chi connectivity index (χ3v) is 4.38. The van der Waals surface area contributed by atoms with Crippen LogP contribution in [0.4, 0.5) is 0 Å². The number of ether oxygens (including phenoxy) is 1. The largest absolute Gasteiger partial charge is 0.378 e. The molecule has 122 valence electrons. The van der Waals surface area contributed by atoms with Gasteiger partial charge in [0.1, 0.15) is 10.7 Å². The fraction of sp³-hybridized carbons (Fsp3) is 0.467. The lowest BCUT2D eigenvalue weighted by atomic mass is 10.2. The second kappa shape index (κ2) is 8.09. The molecular weight excluding hydrogens is 314 g/mol. The summed E-state index contributed by atoms with van der Waals surface area (Å²) in [5.41, 5.74) is 1.73. The van der Waals surface area contributed by atoms with Crippen LogP contribution in [0.1, 0.15) is 12.1 Å². The van der Waals surface area contributed by atoms with E-state index < -0.39 is 0 Å². The molecule has 0 aliphatic carbocycles. The Kier molecular flexibility index (Phi) is 5.62. The molecule has 3 rings (SSSR count). The van der Waals surface area contributed by atoms with Crippen LogP contribution in [0.25, 0.3) is 10.7 Å². The molecule has 2 aromatic heterocycles. The van der Waals surface area contributed by atoms with E-state index >= 15 is 0 Å². The van der Waals surface area contributed by atoms with E-state index in [2.05, 4.69) is 25.6 Å². The Bertz CT molecular complexity index is 628. The number of rotatable bonds is 6. The zero-order chi connectivity index (χ0) is 15.9. The number of amides is 1. The summed E-state index contributed by atoms with van der Waals surface area (Å²) in [7, 11) is 0. The first-order valence-electron chi connectivity index (χ1n) is 7.60. The van der Waals surface area contributed by atoms with E-state index in [-0.39, 0.29) is 11.9 Å². The van der Waals surface area contributed by atoms with Crippen LogP contribution in [-0.2, 0) is 16.0 Å². The quantitative estimate of drug-likeness (QED) is 0.806. The van der Waals surface area contributed by atoms with E-state index in [0.717, 1.165) is 29.5 Å². The zero-order valence-electron chi connectivity index (χ0n) is 12.7. The van der Waals surface area contributed by atoms with Gasteiger partial charge in [-0.2, -0.15) is 0 Å². The van der Waals surface area contributed by atoms with Gasteiger partial charge >= 0.3 is 0 Å². The molecule has 2 N–H and O–H groups in total. The molecular formula is C15H19N5O2S. The molecule has 3 heterocycles. The topological polar surface area (TPSA) is 89.0 Å². The van der Waals surface area contributed by atoms with Crippen LogP contribution in [0, 0.1) is 0 Å². The summed E-state index contributed by atoms with van der Waals surface area (Å²) < 4.78 is 5.34. The SMILES string of the molecule is O=C(C[C@@H]1COCCN1)NCCc1csc(-c2cnccn2)n1. The van der Waals surface area contributed by atoms with Gasteiger partial charge in [-0.15, -0.1) is 11.3 Å². The zero-order valence-corrected chi connectivity index (χ0v) is 13.5. The summed E-state index contributed by atoms with van der Waals surface area (Å²) in [6.45, 7) is 2.70. The normalized spacial score (nSPS) is 17.8. The summed E-state index contributed by atoms with van der Waals surface area (Å²) in [5, 5.41) is 9.04. The third kappa shape index (κ3) is 4.78. The second-order valence-corrected chi connectivity index (χ2v) is 6.12. The number of thiazole rings is 1. The third-order valence-electron chi connectivity index (χ3n) is 3.47. The van der Waals surface area contributed by atoms with E-state index in [1.54, 1.807) is 18.6 Å². The summed E-state index contributed by atoms with van der Waals surface area (Å²) in [6, 6.07) is 0.117. The highest BCUT2D eigenvalue weighted by atomic mass is 32.1. The van der Waals surface area contributed by atoms with Crippen molar-refractivity contribution < 1.29 is 9.53 Å². The maximum Gasteiger partial charge on any atom is 0.221 e. The van der Waals surface area contributed by atoms with E-state index in [1.165, 1.54) is 11.3 Å². The van der Waals surface area contributed by atoms with Crippen molar-refractivity contribution in [2.45, 2.75) is 18.9 Å². The number of morpholine rings is 1. The number of hydrogen-bond donors (Lipinski definition) is 2. The fourth-order valence-electron chi connectivity index (χ4n) is 2.33. The number of hydrogen-bond acceptors (Lipinski definition) is 7. The van der Waals surface area contributed by atoms with Gasteiger partial charge in [-0.3, -0.25) is 14.8 Å². The van der Waals surface area contributed by atoms with Gasteiger partial charge in [0.25, 0.3) is 0 Å². The van der Waals surface area contributed by atoms with E-state index in [0.29, 0.717) is 26.0 Å². The molecule has 0 saturated carbocycles. The summed E-state index contributed by atoms with van der Waals surface area (Å²) in [6.07, 6.45) is 6.14. The lowest BCUT2D eigenvalue weighted by molar-refractivity contribution is -0.122. The molecule has 0 unspecified atom stereocenters. The average molecular weight is 333 g/mol. The highest BCUT2D eigenvalue weighted by molar-refractivity contribution is 7.13. The number of aromatic nitrogens is 3. The van der Waals surface area contributed by atoms with Gasteiger partial charge in [0.2, 0.25) is 5.91 Å². The van der Waals surface area contributed by atoms with Crippen molar-refractivity contribution in [1.82, 2.24) is 25.6 Å². The molecule has 7 nitrogen and oxygen atoms in total. The number of carbonyl (C=O) groups excluding carboxylic acids is 1. The second-order valence-electron chi connectivity index (χ2n) is 5.26. The first kappa shape index (κ1) is 16.0.